The van der Waals surface area contributed by atoms with Gasteiger partial charge in [-0.2, -0.15) is 0 Å². The lowest BCUT2D eigenvalue weighted by atomic mass is 9.98. The summed E-state index contributed by atoms with van der Waals surface area (Å²) >= 11 is 0. The molecule has 0 bridgehead atoms. The summed E-state index contributed by atoms with van der Waals surface area (Å²) in [5, 5.41) is 6.24. The summed E-state index contributed by atoms with van der Waals surface area (Å²) in [6, 6.07) is 1.03. The molecule has 140 valence electrons. The van der Waals surface area contributed by atoms with E-state index >= 15 is 0 Å². The van der Waals surface area contributed by atoms with Gasteiger partial charge < -0.3 is 10.6 Å². The summed E-state index contributed by atoms with van der Waals surface area (Å²) in [4.78, 5) is 14.7. The van der Waals surface area contributed by atoms with Gasteiger partial charge in [-0.3, -0.25) is 4.90 Å². The Balaban J connectivity index is 1.35. The first kappa shape index (κ1) is 18.5. The number of carbonyl (C=O) groups is 1. The Hall–Kier alpha value is -1.29. The number of rotatable bonds is 5. The van der Waals surface area contributed by atoms with E-state index < -0.39 is 0 Å². The molecule has 4 heteroatoms. The van der Waals surface area contributed by atoms with Crippen LogP contribution >= 0.6 is 0 Å². The predicted octanol–water partition coefficient (Wildman–Crippen LogP) is 4.14. The first-order valence-electron chi connectivity index (χ1n) is 10.4. The molecule has 0 saturated heterocycles. The third-order valence-corrected chi connectivity index (χ3v) is 5.88. The molecule has 1 atom stereocenters. The van der Waals surface area contributed by atoms with E-state index in [2.05, 4.69) is 33.8 Å². The summed E-state index contributed by atoms with van der Waals surface area (Å²) < 4.78 is 0. The summed E-state index contributed by atoms with van der Waals surface area (Å²) in [5.74, 6) is 0. The van der Waals surface area contributed by atoms with Crippen LogP contribution in [-0.2, 0) is 0 Å². The number of urea groups is 1. The average Bonchev–Trinajstić information content (AvgIpc) is 2.91. The molecule has 3 aliphatic rings. The average molecular weight is 346 g/mol. The van der Waals surface area contributed by atoms with Crippen LogP contribution in [0.1, 0.15) is 70.6 Å². The van der Waals surface area contributed by atoms with Crippen molar-refractivity contribution >= 4 is 6.03 Å². The smallest absolute Gasteiger partial charge is 0.315 e. The second-order valence-corrected chi connectivity index (χ2v) is 7.89. The Morgan fingerprint density at radius 2 is 1.92 bits per heavy atom. The molecular weight excluding hydrogens is 310 g/mol. The van der Waals surface area contributed by atoms with Gasteiger partial charge in [0.1, 0.15) is 0 Å². The molecular formula is C21H35N3O. The number of amides is 2. The Kier molecular flexibility index (Phi) is 7.40. The van der Waals surface area contributed by atoms with E-state index in [4.69, 9.17) is 0 Å². The van der Waals surface area contributed by atoms with Gasteiger partial charge in [0.15, 0.2) is 0 Å². The van der Waals surface area contributed by atoms with Crippen molar-refractivity contribution in [3.8, 4) is 0 Å². The lowest BCUT2D eigenvalue weighted by molar-refractivity contribution is 0.223. The molecule has 0 unspecified atom stereocenters. The molecule has 0 spiro atoms. The van der Waals surface area contributed by atoms with Crippen LogP contribution in [0.2, 0.25) is 0 Å². The normalized spacial score (nSPS) is 25.9. The van der Waals surface area contributed by atoms with Gasteiger partial charge in [0.25, 0.3) is 0 Å². The summed E-state index contributed by atoms with van der Waals surface area (Å²) in [5.41, 5.74) is 1.49. The van der Waals surface area contributed by atoms with E-state index in [-0.39, 0.29) is 6.03 Å². The van der Waals surface area contributed by atoms with Gasteiger partial charge in [-0.05, 0) is 44.9 Å². The molecule has 2 aliphatic carbocycles. The van der Waals surface area contributed by atoms with Gasteiger partial charge in [-0.25, -0.2) is 4.79 Å². The number of hydrogen-bond donors (Lipinski definition) is 2. The van der Waals surface area contributed by atoms with E-state index in [0.29, 0.717) is 12.1 Å². The molecule has 2 amide bonds. The van der Waals surface area contributed by atoms with Gasteiger partial charge in [-0.1, -0.05) is 49.5 Å². The van der Waals surface area contributed by atoms with E-state index in [1.165, 1.54) is 57.1 Å². The predicted molar refractivity (Wildman–Crippen MR) is 104 cm³/mol. The number of nitrogens with one attached hydrogen (secondary N) is 2. The highest BCUT2D eigenvalue weighted by atomic mass is 16.2. The molecule has 0 aromatic rings. The van der Waals surface area contributed by atoms with Gasteiger partial charge >= 0.3 is 6.03 Å². The number of hydrogen-bond acceptors (Lipinski definition) is 2. The standard InChI is InChI=1S/C21H35N3O/c25-21(23-19-10-4-1-2-5-11-19)22-15-14-18-9-8-16-24(17-18)20-12-6-3-7-13-20/h6,9,12,19-20H,1-5,7-8,10-11,13-17H2,(H2,22,23,25)/t20-/m1/s1. The topological polar surface area (TPSA) is 44.4 Å². The minimum atomic E-state index is 0.0235. The first-order valence-corrected chi connectivity index (χ1v) is 10.4. The summed E-state index contributed by atoms with van der Waals surface area (Å²) in [6.45, 7) is 2.99. The van der Waals surface area contributed by atoms with Crippen molar-refractivity contribution in [3.05, 3.63) is 23.8 Å². The van der Waals surface area contributed by atoms with Crippen molar-refractivity contribution in [3.63, 3.8) is 0 Å². The van der Waals surface area contributed by atoms with Crippen LogP contribution in [0.3, 0.4) is 0 Å². The van der Waals surface area contributed by atoms with E-state index in [1.54, 1.807) is 0 Å². The zero-order valence-electron chi connectivity index (χ0n) is 15.6. The maximum absolute atomic E-state index is 12.1. The maximum atomic E-state index is 12.1. The zero-order chi connectivity index (χ0) is 17.3. The Morgan fingerprint density at radius 3 is 2.68 bits per heavy atom. The van der Waals surface area contributed by atoms with Crippen molar-refractivity contribution in [2.24, 2.45) is 0 Å². The van der Waals surface area contributed by atoms with Crippen LogP contribution in [0.5, 0.6) is 0 Å². The number of allylic oxidation sites excluding steroid dienone is 1. The minimum absolute atomic E-state index is 0.0235. The van der Waals surface area contributed by atoms with Crippen LogP contribution in [-0.4, -0.2) is 42.6 Å². The third kappa shape index (κ3) is 6.18. The molecule has 0 radical (unpaired) electrons. The third-order valence-electron chi connectivity index (χ3n) is 5.88. The van der Waals surface area contributed by atoms with E-state index in [0.717, 1.165) is 38.8 Å². The Bertz CT molecular complexity index is 478. The molecule has 1 fully saturated rings. The van der Waals surface area contributed by atoms with E-state index in [9.17, 15) is 4.79 Å². The molecule has 1 aliphatic heterocycles. The van der Waals surface area contributed by atoms with Crippen LogP contribution in [0.25, 0.3) is 0 Å². The van der Waals surface area contributed by atoms with Gasteiger partial charge in [0.05, 0.1) is 0 Å². The van der Waals surface area contributed by atoms with Gasteiger partial charge in [0, 0.05) is 31.7 Å². The van der Waals surface area contributed by atoms with E-state index in [1.807, 2.05) is 0 Å². The largest absolute Gasteiger partial charge is 0.338 e. The van der Waals surface area contributed by atoms with Crippen molar-refractivity contribution in [1.29, 1.82) is 0 Å². The zero-order valence-corrected chi connectivity index (χ0v) is 15.6. The molecule has 1 heterocycles. The Morgan fingerprint density at radius 1 is 1.08 bits per heavy atom. The molecule has 0 aromatic heterocycles. The highest BCUT2D eigenvalue weighted by Crippen LogP contribution is 2.22. The fourth-order valence-corrected chi connectivity index (χ4v) is 4.40. The monoisotopic (exact) mass is 345 g/mol. The second-order valence-electron chi connectivity index (χ2n) is 7.89. The first-order chi connectivity index (χ1) is 12.3. The SMILES string of the molecule is O=C(NCCC1=CCCN([C@@H]2C=CCCC2)C1)NC1CCCCCC1. The van der Waals surface area contributed by atoms with Crippen molar-refractivity contribution in [1.82, 2.24) is 15.5 Å². The molecule has 25 heavy (non-hydrogen) atoms. The lowest BCUT2D eigenvalue weighted by Gasteiger charge is -2.34. The highest BCUT2D eigenvalue weighted by Gasteiger charge is 2.21. The molecule has 4 nitrogen and oxygen atoms in total. The Labute approximate surface area is 153 Å². The quantitative estimate of drug-likeness (QED) is 0.581. The molecule has 2 N–H and O–H groups in total. The van der Waals surface area contributed by atoms with Crippen LogP contribution in [0.4, 0.5) is 4.79 Å². The maximum Gasteiger partial charge on any atom is 0.315 e. The summed E-state index contributed by atoms with van der Waals surface area (Å²) in [7, 11) is 0. The molecule has 0 aromatic carbocycles. The van der Waals surface area contributed by atoms with Gasteiger partial charge in [0.2, 0.25) is 0 Å². The van der Waals surface area contributed by atoms with Crippen molar-refractivity contribution < 1.29 is 4.79 Å². The van der Waals surface area contributed by atoms with Crippen molar-refractivity contribution in [2.75, 3.05) is 19.6 Å². The highest BCUT2D eigenvalue weighted by molar-refractivity contribution is 5.74. The van der Waals surface area contributed by atoms with Crippen molar-refractivity contribution in [2.45, 2.75) is 82.7 Å². The minimum Gasteiger partial charge on any atom is -0.338 e. The van der Waals surface area contributed by atoms with Crippen LogP contribution in [0.15, 0.2) is 23.8 Å². The van der Waals surface area contributed by atoms with Crippen LogP contribution in [0, 0.1) is 0 Å². The fraction of sp³-hybridized carbons (Fsp3) is 0.762. The lowest BCUT2D eigenvalue weighted by Crippen LogP contribution is -2.43. The number of nitrogens with zero attached hydrogens (tertiary/aromatic N) is 1. The fourth-order valence-electron chi connectivity index (χ4n) is 4.40. The second kappa shape index (κ2) is 10.0. The number of carbonyl (C=O) groups excluding carboxylic acids is 1. The van der Waals surface area contributed by atoms with Crippen LogP contribution < -0.4 is 10.6 Å². The summed E-state index contributed by atoms with van der Waals surface area (Å²) in [6.07, 6.45) is 20.5. The van der Waals surface area contributed by atoms with Gasteiger partial charge in [-0.15, -0.1) is 0 Å². The molecule has 1 saturated carbocycles. The molecule has 3 rings (SSSR count).